The van der Waals surface area contributed by atoms with Crippen LogP contribution in [0.25, 0.3) is 0 Å². The lowest BCUT2D eigenvalue weighted by atomic mass is 9.97. The first-order valence-electron chi connectivity index (χ1n) is 7.39. The van der Waals surface area contributed by atoms with Crippen molar-refractivity contribution in [3.05, 3.63) is 29.3 Å². The van der Waals surface area contributed by atoms with Crippen molar-refractivity contribution in [1.82, 2.24) is 4.31 Å². The fourth-order valence-electron chi connectivity index (χ4n) is 2.66. The number of carbonyl (C=O) groups excluding carboxylic acids is 1. The molecule has 0 saturated carbocycles. The highest BCUT2D eigenvalue weighted by molar-refractivity contribution is 8.05. The highest BCUT2D eigenvalue weighted by atomic mass is 35.5. The zero-order chi connectivity index (χ0) is 16.0. The van der Waals surface area contributed by atoms with Gasteiger partial charge in [0.2, 0.25) is 0 Å². The Balaban J connectivity index is 1.96. The van der Waals surface area contributed by atoms with Crippen LogP contribution in [0.4, 0.5) is 0 Å². The summed E-state index contributed by atoms with van der Waals surface area (Å²) >= 11 is 10.1. The molecular formula is C16H20ClNO2S2. The second-order valence-electron chi connectivity index (χ2n) is 6.17. The number of fused-ring (bicyclic) bond motifs is 1. The van der Waals surface area contributed by atoms with Gasteiger partial charge in [0.15, 0.2) is 9.99 Å². The topological polar surface area (TPSA) is 29.5 Å². The molecule has 1 aromatic carbocycles. The number of rotatable bonds is 2. The highest BCUT2D eigenvalue weighted by Gasteiger charge is 2.56. The van der Waals surface area contributed by atoms with Gasteiger partial charge in [-0.1, -0.05) is 23.2 Å². The van der Waals surface area contributed by atoms with Crippen molar-refractivity contribution in [1.29, 1.82) is 0 Å². The van der Waals surface area contributed by atoms with Gasteiger partial charge in [0.25, 0.3) is 0 Å². The molecule has 1 unspecified atom stereocenters. The van der Waals surface area contributed by atoms with Gasteiger partial charge in [-0.3, -0.25) is 4.79 Å². The third kappa shape index (κ3) is 2.82. The largest absolute Gasteiger partial charge is 0.379 e. The van der Waals surface area contributed by atoms with Crippen molar-refractivity contribution >= 4 is 41.1 Å². The number of Topliss-reactive ketones (excluding diaryl/α,β-unsaturated/α-hetero) is 1. The van der Waals surface area contributed by atoms with Crippen LogP contribution in [0, 0.1) is 6.92 Å². The molecule has 0 aromatic heterocycles. The van der Waals surface area contributed by atoms with Crippen molar-refractivity contribution in [3.8, 4) is 0 Å². The maximum Gasteiger partial charge on any atom is 0.197 e. The molecule has 2 aliphatic heterocycles. The Bertz CT molecular complexity index is 602. The number of hydrogen-bond acceptors (Lipinski definition) is 5. The van der Waals surface area contributed by atoms with Crippen LogP contribution in [0.2, 0.25) is 0 Å². The lowest BCUT2D eigenvalue weighted by molar-refractivity contribution is 0.0761. The van der Waals surface area contributed by atoms with Crippen molar-refractivity contribution in [2.75, 3.05) is 26.3 Å². The van der Waals surface area contributed by atoms with Crippen molar-refractivity contribution in [2.45, 2.75) is 34.6 Å². The van der Waals surface area contributed by atoms with Crippen LogP contribution in [0.15, 0.2) is 23.1 Å². The Labute approximate surface area is 145 Å². The SMILES string of the molecule is Cc1ccc2c(c1)C(=O)C(Cl)(SN1CCOCC1)C(C)(C)S2. The highest BCUT2D eigenvalue weighted by Crippen LogP contribution is 2.57. The van der Waals surface area contributed by atoms with Crippen LogP contribution in [-0.2, 0) is 4.74 Å². The van der Waals surface area contributed by atoms with E-state index >= 15 is 0 Å². The van der Waals surface area contributed by atoms with E-state index in [0.717, 1.165) is 29.1 Å². The number of thioether (sulfide) groups is 1. The summed E-state index contributed by atoms with van der Waals surface area (Å²) in [7, 11) is 0. The van der Waals surface area contributed by atoms with Crippen molar-refractivity contribution in [2.24, 2.45) is 0 Å². The maximum atomic E-state index is 13.2. The fourth-order valence-corrected chi connectivity index (χ4v) is 5.68. The molecule has 0 bridgehead atoms. The standard InChI is InChI=1S/C16H20ClNO2S2/c1-11-4-5-13-12(10-11)14(19)16(17,15(2,3)21-13)22-18-6-8-20-9-7-18/h4-5,10H,6-9H2,1-3H3. The zero-order valence-corrected chi connectivity index (χ0v) is 15.4. The summed E-state index contributed by atoms with van der Waals surface area (Å²) in [5.74, 6) is 0.0214. The number of halogens is 1. The number of alkyl halides is 1. The summed E-state index contributed by atoms with van der Waals surface area (Å²) in [6, 6.07) is 6.04. The lowest BCUT2D eigenvalue weighted by Crippen LogP contribution is -2.52. The molecule has 0 spiro atoms. The summed E-state index contributed by atoms with van der Waals surface area (Å²) < 4.78 is 6.17. The van der Waals surface area contributed by atoms with Crippen LogP contribution in [0.3, 0.4) is 0 Å². The van der Waals surface area contributed by atoms with Gasteiger partial charge in [0.1, 0.15) is 0 Å². The van der Waals surface area contributed by atoms with E-state index in [0.29, 0.717) is 13.2 Å². The third-order valence-corrected chi connectivity index (χ3v) is 8.09. The molecule has 1 fully saturated rings. The molecule has 0 radical (unpaired) electrons. The molecule has 1 saturated heterocycles. The molecule has 2 heterocycles. The molecule has 0 amide bonds. The Morgan fingerprint density at radius 2 is 2.00 bits per heavy atom. The van der Waals surface area contributed by atoms with E-state index in [9.17, 15) is 4.79 Å². The van der Waals surface area contributed by atoms with E-state index in [1.54, 1.807) is 11.8 Å². The molecule has 2 aliphatic rings. The Hall–Kier alpha value is -0.200. The number of ether oxygens (including phenoxy) is 1. The second kappa shape index (κ2) is 6.02. The molecule has 3 rings (SSSR count). The van der Waals surface area contributed by atoms with E-state index in [1.807, 2.05) is 25.1 Å². The van der Waals surface area contributed by atoms with Crippen LogP contribution >= 0.6 is 35.3 Å². The van der Waals surface area contributed by atoms with Gasteiger partial charge in [-0.15, -0.1) is 11.8 Å². The van der Waals surface area contributed by atoms with Crippen LogP contribution in [0.1, 0.15) is 29.8 Å². The van der Waals surface area contributed by atoms with Crippen LogP contribution in [0.5, 0.6) is 0 Å². The van der Waals surface area contributed by atoms with Gasteiger partial charge in [0.05, 0.1) is 18.0 Å². The van der Waals surface area contributed by atoms with Gasteiger partial charge in [-0.25, -0.2) is 4.31 Å². The van der Waals surface area contributed by atoms with Gasteiger partial charge in [-0.05, 0) is 44.9 Å². The minimum atomic E-state index is -0.990. The molecule has 120 valence electrons. The fraction of sp³-hybridized carbons (Fsp3) is 0.562. The van der Waals surface area contributed by atoms with Crippen LogP contribution in [-0.4, -0.2) is 45.3 Å². The predicted molar refractivity (Wildman–Crippen MR) is 94.0 cm³/mol. The number of aryl methyl sites for hydroxylation is 1. The van der Waals surface area contributed by atoms with E-state index in [4.69, 9.17) is 16.3 Å². The van der Waals surface area contributed by atoms with E-state index in [-0.39, 0.29) is 5.78 Å². The number of morpholine rings is 1. The molecule has 0 N–H and O–H groups in total. The Morgan fingerprint density at radius 3 is 2.68 bits per heavy atom. The van der Waals surface area contributed by atoms with Crippen molar-refractivity contribution < 1.29 is 9.53 Å². The monoisotopic (exact) mass is 357 g/mol. The quantitative estimate of drug-likeness (QED) is 0.590. The molecular weight excluding hydrogens is 338 g/mol. The Kier molecular flexibility index (Phi) is 4.56. The zero-order valence-electron chi connectivity index (χ0n) is 13.0. The lowest BCUT2D eigenvalue weighted by Gasteiger charge is -2.45. The van der Waals surface area contributed by atoms with Gasteiger partial charge in [0, 0.05) is 23.5 Å². The smallest absolute Gasteiger partial charge is 0.197 e. The van der Waals surface area contributed by atoms with E-state index < -0.39 is 8.95 Å². The summed E-state index contributed by atoms with van der Waals surface area (Å²) in [5, 5.41) is 0. The minimum Gasteiger partial charge on any atom is -0.379 e. The van der Waals surface area contributed by atoms with Crippen LogP contribution < -0.4 is 0 Å². The van der Waals surface area contributed by atoms with Gasteiger partial charge >= 0.3 is 0 Å². The first-order chi connectivity index (χ1) is 10.3. The third-order valence-electron chi connectivity index (χ3n) is 4.04. The van der Waals surface area contributed by atoms with E-state index in [2.05, 4.69) is 18.2 Å². The van der Waals surface area contributed by atoms with E-state index in [1.165, 1.54) is 11.9 Å². The number of carbonyl (C=O) groups is 1. The average Bonchev–Trinajstić information content (AvgIpc) is 2.47. The predicted octanol–water partition coefficient (Wildman–Crippen LogP) is 3.98. The first-order valence-corrected chi connectivity index (χ1v) is 9.35. The summed E-state index contributed by atoms with van der Waals surface area (Å²) in [5.41, 5.74) is 1.84. The number of ketones is 1. The van der Waals surface area contributed by atoms with Gasteiger partial charge < -0.3 is 4.74 Å². The summed E-state index contributed by atoms with van der Waals surface area (Å²) in [6.45, 7) is 9.09. The molecule has 1 atom stereocenters. The Morgan fingerprint density at radius 1 is 1.32 bits per heavy atom. The minimum absolute atomic E-state index is 0.0214. The molecule has 22 heavy (non-hydrogen) atoms. The average molecular weight is 358 g/mol. The molecule has 3 nitrogen and oxygen atoms in total. The molecule has 1 aromatic rings. The number of benzene rings is 1. The summed E-state index contributed by atoms with van der Waals surface area (Å²) in [4.78, 5) is 14.2. The van der Waals surface area contributed by atoms with Crippen molar-refractivity contribution in [3.63, 3.8) is 0 Å². The molecule has 0 aliphatic carbocycles. The molecule has 6 heteroatoms. The summed E-state index contributed by atoms with van der Waals surface area (Å²) in [6.07, 6.45) is 0. The van der Waals surface area contributed by atoms with Gasteiger partial charge in [-0.2, -0.15) is 0 Å². The number of hydrogen-bond donors (Lipinski definition) is 0. The first kappa shape index (κ1) is 16.7. The second-order valence-corrected chi connectivity index (χ2v) is 9.94. The number of nitrogens with zero attached hydrogens (tertiary/aromatic N) is 1. The maximum absolute atomic E-state index is 13.2. The normalized spacial score (nSPS) is 28.5.